The molecule has 0 saturated heterocycles. The van der Waals surface area contributed by atoms with Gasteiger partial charge in [0.15, 0.2) is 6.23 Å². The minimum Gasteiger partial charge on any atom is -0.369 e. The zero-order valence-corrected chi connectivity index (χ0v) is 17.0. The molecule has 138 valence electrons. The molecule has 2 aromatic rings. The fraction of sp³-hybridized carbons (Fsp3) is 0.500. The van der Waals surface area contributed by atoms with Gasteiger partial charge in [-0.25, -0.2) is 0 Å². The van der Waals surface area contributed by atoms with Gasteiger partial charge in [0.25, 0.3) is 5.91 Å². The van der Waals surface area contributed by atoms with Crippen LogP contribution >= 0.6 is 11.3 Å². The molecule has 1 aliphatic heterocycles. The normalized spacial score (nSPS) is 21.7. The number of hydrogen-bond donors (Lipinski definition) is 1. The molecule has 2 aliphatic rings. The van der Waals surface area contributed by atoms with Gasteiger partial charge in [-0.2, -0.15) is 0 Å². The van der Waals surface area contributed by atoms with Gasteiger partial charge in [0.2, 0.25) is 0 Å². The van der Waals surface area contributed by atoms with E-state index in [1.54, 1.807) is 16.2 Å². The Morgan fingerprint density at radius 3 is 2.58 bits per heavy atom. The number of anilines is 1. The molecular formula is C22H27NO2S. The van der Waals surface area contributed by atoms with Crippen LogP contribution in [0, 0.1) is 5.41 Å². The van der Waals surface area contributed by atoms with Gasteiger partial charge in [-0.1, -0.05) is 52.8 Å². The van der Waals surface area contributed by atoms with Gasteiger partial charge < -0.3 is 5.11 Å². The number of aliphatic hydroxyl groups excluding tert-OH is 1. The van der Waals surface area contributed by atoms with Gasteiger partial charge in [-0.3, -0.25) is 9.69 Å². The Hall–Kier alpha value is -1.65. The quantitative estimate of drug-likeness (QED) is 0.749. The third-order valence-electron chi connectivity index (χ3n) is 5.66. The topological polar surface area (TPSA) is 40.5 Å². The SMILES string of the molecule is CC1(C)CCc2sc(N3C(=O)c4ccccc4C3O)c(C(C)(C)C)c2C1. The zero-order chi connectivity index (χ0) is 18.9. The van der Waals surface area contributed by atoms with Crippen LogP contribution in [0.3, 0.4) is 0 Å². The molecule has 0 spiro atoms. The van der Waals surface area contributed by atoms with Crippen LogP contribution in [0.5, 0.6) is 0 Å². The summed E-state index contributed by atoms with van der Waals surface area (Å²) in [6.45, 7) is 11.3. The van der Waals surface area contributed by atoms with E-state index in [1.165, 1.54) is 22.4 Å². The third-order valence-corrected chi connectivity index (χ3v) is 6.95. The van der Waals surface area contributed by atoms with Crippen molar-refractivity contribution >= 4 is 22.2 Å². The highest BCUT2D eigenvalue weighted by Gasteiger charge is 2.42. The van der Waals surface area contributed by atoms with Crippen LogP contribution in [0.25, 0.3) is 0 Å². The van der Waals surface area contributed by atoms with Crippen molar-refractivity contribution < 1.29 is 9.90 Å². The van der Waals surface area contributed by atoms with Crippen LogP contribution in [0.1, 0.15) is 79.2 Å². The maximum atomic E-state index is 13.1. The summed E-state index contributed by atoms with van der Waals surface area (Å²) in [5.74, 6) is -0.0866. The molecule has 0 saturated carbocycles. The van der Waals surface area contributed by atoms with Gasteiger partial charge in [0.1, 0.15) is 5.00 Å². The predicted octanol–water partition coefficient (Wildman–Crippen LogP) is 5.21. The van der Waals surface area contributed by atoms with Gasteiger partial charge in [0.05, 0.1) is 0 Å². The van der Waals surface area contributed by atoms with Crippen LogP contribution < -0.4 is 4.90 Å². The van der Waals surface area contributed by atoms with Crippen LogP contribution in [0.2, 0.25) is 0 Å². The van der Waals surface area contributed by atoms with E-state index in [1.807, 2.05) is 24.3 Å². The summed E-state index contributed by atoms with van der Waals surface area (Å²) in [5.41, 5.74) is 4.18. The average molecular weight is 370 g/mol. The van der Waals surface area contributed by atoms with Crippen molar-refractivity contribution in [2.75, 3.05) is 4.90 Å². The molecule has 0 fully saturated rings. The second-order valence-electron chi connectivity index (χ2n) is 9.41. The number of rotatable bonds is 1. The Labute approximate surface area is 159 Å². The van der Waals surface area contributed by atoms with Gasteiger partial charge in [0, 0.05) is 16.0 Å². The predicted molar refractivity (Wildman–Crippen MR) is 107 cm³/mol. The Morgan fingerprint density at radius 1 is 1.23 bits per heavy atom. The van der Waals surface area contributed by atoms with Crippen molar-refractivity contribution in [2.24, 2.45) is 5.41 Å². The van der Waals surface area contributed by atoms with E-state index in [0.29, 0.717) is 11.1 Å². The highest BCUT2D eigenvalue weighted by Crippen LogP contribution is 2.51. The number of carbonyl (C=O) groups excluding carboxylic acids is 1. The van der Waals surface area contributed by atoms with Crippen molar-refractivity contribution in [3.8, 4) is 0 Å². The molecule has 1 unspecified atom stereocenters. The molecule has 1 aliphatic carbocycles. The fourth-order valence-corrected chi connectivity index (χ4v) is 5.90. The monoisotopic (exact) mass is 369 g/mol. The van der Waals surface area contributed by atoms with E-state index in [0.717, 1.165) is 17.8 Å². The summed E-state index contributed by atoms with van der Waals surface area (Å²) < 4.78 is 0. The first-order valence-electron chi connectivity index (χ1n) is 9.36. The largest absolute Gasteiger partial charge is 0.369 e. The van der Waals surface area contributed by atoms with Crippen molar-refractivity contribution in [2.45, 2.75) is 65.5 Å². The summed E-state index contributed by atoms with van der Waals surface area (Å²) in [4.78, 5) is 16.1. The molecule has 0 radical (unpaired) electrons. The summed E-state index contributed by atoms with van der Waals surface area (Å²) in [6.07, 6.45) is 2.37. The maximum Gasteiger partial charge on any atom is 0.261 e. The second kappa shape index (κ2) is 5.67. The van der Waals surface area contributed by atoms with Crippen LogP contribution in [-0.4, -0.2) is 11.0 Å². The van der Waals surface area contributed by atoms with E-state index in [-0.39, 0.29) is 16.7 Å². The Bertz CT molecular complexity index is 888. The van der Waals surface area contributed by atoms with E-state index in [2.05, 4.69) is 34.6 Å². The summed E-state index contributed by atoms with van der Waals surface area (Å²) in [7, 11) is 0. The molecule has 3 nitrogen and oxygen atoms in total. The molecule has 2 heterocycles. The summed E-state index contributed by atoms with van der Waals surface area (Å²) in [5, 5.41) is 11.9. The minimum atomic E-state index is -0.895. The number of thiophene rings is 1. The van der Waals surface area contributed by atoms with Crippen molar-refractivity contribution in [1.29, 1.82) is 0 Å². The first kappa shape index (κ1) is 17.7. The number of amides is 1. The number of aryl methyl sites for hydroxylation is 1. The van der Waals surface area contributed by atoms with Gasteiger partial charge in [-0.05, 0) is 47.3 Å². The summed E-state index contributed by atoms with van der Waals surface area (Å²) in [6, 6.07) is 7.41. The summed E-state index contributed by atoms with van der Waals surface area (Å²) >= 11 is 1.71. The van der Waals surface area contributed by atoms with E-state index >= 15 is 0 Å². The van der Waals surface area contributed by atoms with Gasteiger partial charge >= 0.3 is 0 Å². The van der Waals surface area contributed by atoms with Crippen molar-refractivity contribution in [1.82, 2.24) is 0 Å². The molecule has 1 aromatic heterocycles. The molecule has 1 N–H and O–H groups in total. The van der Waals surface area contributed by atoms with E-state index in [4.69, 9.17) is 0 Å². The van der Waals surface area contributed by atoms with E-state index < -0.39 is 6.23 Å². The van der Waals surface area contributed by atoms with Gasteiger partial charge in [-0.15, -0.1) is 11.3 Å². The molecule has 1 atom stereocenters. The van der Waals surface area contributed by atoms with Crippen LogP contribution in [-0.2, 0) is 18.3 Å². The van der Waals surface area contributed by atoms with Crippen molar-refractivity contribution in [3.63, 3.8) is 0 Å². The molecule has 26 heavy (non-hydrogen) atoms. The Kier molecular flexibility index (Phi) is 3.87. The minimum absolute atomic E-state index is 0.0817. The van der Waals surface area contributed by atoms with Crippen LogP contribution in [0.4, 0.5) is 5.00 Å². The number of fused-ring (bicyclic) bond motifs is 2. The number of benzene rings is 1. The zero-order valence-electron chi connectivity index (χ0n) is 16.2. The Morgan fingerprint density at radius 2 is 1.92 bits per heavy atom. The molecule has 1 amide bonds. The highest BCUT2D eigenvalue weighted by atomic mass is 32.1. The maximum absolute atomic E-state index is 13.1. The molecule has 1 aromatic carbocycles. The lowest BCUT2D eigenvalue weighted by Crippen LogP contribution is -2.30. The third kappa shape index (κ3) is 2.62. The van der Waals surface area contributed by atoms with Crippen molar-refractivity contribution in [3.05, 3.63) is 51.4 Å². The standard InChI is InChI=1S/C22H27NO2S/c1-21(2,3)17-15-12-22(4,5)11-10-16(15)26-20(17)23-18(24)13-8-6-7-9-14(13)19(23)25/h6-9,18,24H,10-12H2,1-5H3. The molecule has 0 bridgehead atoms. The average Bonchev–Trinajstić information content (AvgIpc) is 3.02. The number of nitrogens with zero attached hydrogens (tertiary/aromatic N) is 1. The fourth-order valence-electron chi connectivity index (χ4n) is 4.35. The highest BCUT2D eigenvalue weighted by molar-refractivity contribution is 7.16. The van der Waals surface area contributed by atoms with Crippen LogP contribution in [0.15, 0.2) is 24.3 Å². The first-order valence-corrected chi connectivity index (χ1v) is 10.2. The number of aliphatic hydroxyl groups is 1. The molecule has 4 heteroatoms. The first-order chi connectivity index (χ1) is 12.1. The lowest BCUT2D eigenvalue weighted by Gasteiger charge is -2.33. The second-order valence-corrected chi connectivity index (χ2v) is 10.5. The lowest BCUT2D eigenvalue weighted by molar-refractivity contribution is 0.0936. The molecular weight excluding hydrogens is 342 g/mol. The van der Waals surface area contributed by atoms with E-state index in [9.17, 15) is 9.90 Å². The molecule has 4 rings (SSSR count). The Balaban J connectivity index is 1.89. The lowest BCUT2D eigenvalue weighted by atomic mass is 9.73. The number of carbonyl (C=O) groups is 1. The smallest absolute Gasteiger partial charge is 0.261 e. The number of hydrogen-bond acceptors (Lipinski definition) is 3.